The largest absolute Gasteiger partial charge is 0.379 e. The van der Waals surface area contributed by atoms with E-state index < -0.39 is 0 Å². The normalized spacial score (nSPS) is 20.5. The molecule has 1 atom stereocenters. The Balaban J connectivity index is 1.22. The van der Waals surface area contributed by atoms with Gasteiger partial charge in [-0.15, -0.1) is 0 Å². The second-order valence-electron chi connectivity index (χ2n) is 8.62. The van der Waals surface area contributed by atoms with Gasteiger partial charge in [-0.05, 0) is 48.2 Å². The van der Waals surface area contributed by atoms with Gasteiger partial charge < -0.3 is 10.1 Å². The zero-order valence-corrected chi connectivity index (χ0v) is 18.1. The average molecular weight is 426 g/mol. The lowest BCUT2D eigenvalue weighted by Crippen LogP contribution is -2.42. The van der Waals surface area contributed by atoms with E-state index in [1.807, 2.05) is 12.1 Å². The Morgan fingerprint density at radius 1 is 0.903 bits per heavy atom. The van der Waals surface area contributed by atoms with Crippen LogP contribution in [-0.4, -0.2) is 55.1 Å². The molecule has 1 amide bonds. The molecule has 1 N–H and O–H groups in total. The minimum atomic E-state index is -0.214. The van der Waals surface area contributed by atoms with E-state index in [9.17, 15) is 9.18 Å². The Bertz CT molecular complexity index is 835. The van der Waals surface area contributed by atoms with Crippen molar-refractivity contribution < 1.29 is 13.9 Å². The highest BCUT2D eigenvalue weighted by Crippen LogP contribution is 2.19. The number of carbonyl (C=O) groups is 1. The number of rotatable bonds is 7. The monoisotopic (exact) mass is 425 g/mol. The van der Waals surface area contributed by atoms with E-state index in [-0.39, 0.29) is 17.6 Å². The standard InChI is InChI=1S/C25H32FN3O2/c26-24-9-7-22(8-10-24)18-29-11-1-2-23(19-29)25(30)27-16-20-3-5-21(6-4-20)17-28-12-14-31-15-13-28/h3-10,23H,1-2,11-19H2,(H,27,30). The molecule has 0 radical (unpaired) electrons. The molecule has 31 heavy (non-hydrogen) atoms. The number of hydrogen-bond acceptors (Lipinski definition) is 4. The molecule has 2 heterocycles. The zero-order valence-electron chi connectivity index (χ0n) is 18.1. The van der Waals surface area contributed by atoms with E-state index in [2.05, 4.69) is 39.4 Å². The SMILES string of the molecule is O=C(NCc1ccc(CN2CCOCC2)cc1)C1CCCN(Cc2ccc(F)cc2)C1. The molecule has 2 saturated heterocycles. The fourth-order valence-corrected chi connectivity index (χ4v) is 4.37. The number of nitrogens with zero attached hydrogens (tertiary/aromatic N) is 2. The quantitative estimate of drug-likeness (QED) is 0.740. The minimum absolute atomic E-state index is 0.00907. The van der Waals surface area contributed by atoms with Crippen LogP contribution < -0.4 is 5.32 Å². The number of hydrogen-bond donors (Lipinski definition) is 1. The molecule has 0 saturated carbocycles. The van der Waals surface area contributed by atoms with Gasteiger partial charge in [0.15, 0.2) is 0 Å². The van der Waals surface area contributed by atoms with Crippen LogP contribution in [0.5, 0.6) is 0 Å². The molecule has 2 aromatic rings. The number of piperidine rings is 1. The van der Waals surface area contributed by atoms with Gasteiger partial charge >= 0.3 is 0 Å². The minimum Gasteiger partial charge on any atom is -0.379 e. The summed E-state index contributed by atoms with van der Waals surface area (Å²) in [7, 11) is 0. The molecular formula is C25H32FN3O2. The number of benzene rings is 2. The van der Waals surface area contributed by atoms with Crippen LogP contribution in [0.1, 0.15) is 29.5 Å². The molecule has 6 heteroatoms. The molecule has 2 aliphatic rings. The zero-order chi connectivity index (χ0) is 21.5. The van der Waals surface area contributed by atoms with Crippen LogP contribution in [0.15, 0.2) is 48.5 Å². The maximum Gasteiger partial charge on any atom is 0.224 e. The molecule has 0 aliphatic carbocycles. The van der Waals surface area contributed by atoms with Crippen LogP contribution in [0.25, 0.3) is 0 Å². The van der Waals surface area contributed by atoms with Gasteiger partial charge in [0, 0.05) is 39.3 Å². The first-order chi connectivity index (χ1) is 15.2. The molecule has 1 unspecified atom stereocenters. The number of morpholine rings is 1. The van der Waals surface area contributed by atoms with Crippen LogP contribution in [0, 0.1) is 11.7 Å². The highest BCUT2D eigenvalue weighted by molar-refractivity contribution is 5.79. The second kappa shape index (κ2) is 10.8. The summed E-state index contributed by atoms with van der Waals surface area (Å²) in [5.74, 6) is -0.0789. The fraction of sp³-hybridized carbons (Fsp3) is 0.480. The summed E-state index contributed by atoms with van der Waals surface area (Å²) in [6.45, 7) is 7.59. The van der Waals surface area contributed by atoms with Gasteiger partial charge in [-0.2, -0.15) is 0 Å². The predicted octanol–water partition coefficient (Wildman–Crippen LogP) is 3.19. The van der Waals surface area contributed by atoms with Gasteiger partial charge in [0.1, 0.15) is 5.82 Å². The van der Waals surface area contributed by atoms with Crippen LogP contribution in [0.2, 0.25) is 0 Å². The first-order valence-corrected chi connectivity index (χ1v) is 11.3. The van der Waals surface area contributed by atoms with E-state index in [1.165, 1.54) is 17.7 Å². The van der Waals surface area contributed by atoms with Crippen molar-refractivity contribution in [2.45, 2.75) is 32.5 Å². The van der Waals surface area contributed by atoms with Crippen molar-refractivity contribution in [2.75, 3.05) is 39.4 Å². The second-order valence-corrected chi connectivity index (χ2v) is 8.62. The van der Waals surface area contributed by atoms with Gasteiger partial charge in [-0.25, -0.2) is 4.39 Å². The van der Waals surface area contributed by atoms with Crippen LogP contribution in [0.3, 0.4) is 0 Å². The lowest BCUT2D eigenvalue weighted by atomic mass is 9.96. The van der Waals surface area contributed by atoms with Crippen molar-refractivity contribution in [3.05, 3.63) is 71.0 Å². The van der Waals surface area contributed by atoms with Crippen molar-refractivity contribution >= 4 is 5.91 Å². The molecule has 2 fully saturated rings. The van der Waals surface area contributed by atoms with Crippen molar-refractivity contribution in [1.29, 1.82) is 0 Å². The average Bonchev–Trinajstić information content (AvgIpc) is 2.81. The van der Waals surface area contributed by atoms with E-state index in [4.69, 9.17) is 4.74 Å². The summed E-state index contributed by atoms with van der Waals surface area (Å²) in [6.07, 6.45) is 1.93. The van der Waals surface area contributed by atoms with E-state index in [0.29, 0.717) is 6.54 Å². The van der Waals surface area contributed by atoms with Crippen molar-refractivity contribution in [3.63, 3.8) is 0 Å². The van der Waals surface area contributed by atoms with Crippen LogP contribution in [0.4, 0.5) is 4.39 Å². The summed E-state index contributed by atoms with van der Waals surface area (Å²) in [5.41, 5.74) is 3.50. The smallest absolute Gasteiger partial charge is 0.224 e. The summed E-state index contributed by atoms with van der Waals surface area (Å²) in [4.78, 5) is 17.4. The van der Waals surface area contributed by atoms with Gasteiger partial charge in [-0.1, -0.05) is 36.4 Å². The third-order valence-corrected chi connectivity index (χ3v) is 6.20. The first-order valence-electron chi connectivity index (χ1n) is 11.3. The number of nitrogens with one attached hydrogen (secondary N) is 1. The Labute approximate surface area is 184 Å². The third kappa shape index (κ3) is 6.60. The topological polar surface area (TPSA) is 44.8 Å². The van der Waals surface area contributed by atoms with Gasteiger partial charge in [0.2, 0.25) is 5.91 Å². The Kier molecular flexibility index (Phi) is 7.67. The maximum atomic E-state index is 13.1. The number of likely N-dealkylation sites (tertiary alicyclic amines) is 1. The first kappa shape index (κ1) is 21.9. The molecule has 5 nitrogen and oxygen atoms in total. The summed E-state index contributed by atoms with van der Waals surface area (Å²) < 4.78 is 18.5. The van der Waals surface area contributed by atoms with Crippen LogP contribution in [-0.2, 0) is 29.2 Å². The molecule has 2 aromatic carbocycles. The molecule has 0 bridgehead atoms. The molecule has 0 spiro atoms. The van der Waals surface area contributed by atoms with E-state index in [1.54, 1.807) is 0 Å². The van der Waals surface area contributed by atoms with Crippen LogP contribution >= 0.6 is 0 Å². The number of ether oxygens (including phenoxy) is 1. The predicted molar refractivity (Wildman–Crippen MR) is 119 cm³/mol. The van der Waals surface area contributed by atoms with Crippen molar-refractivity contribution in [3.8, 4) is 0 Å². The molecule has 4 rings (SSSR count). The molecule has 0 aromatic heterocycles. The maximum absolute atomic E-state index is 13.1. The van der Waals surface area contributed by atoms with Crippen molar-refractivity contribution in [1.82, 2.24) is 15.1 Å². The lowest BCUT2D eigenvalue weighted by molar-refractivity contribution is -0.126. The van der Waals surface area contributed by atoms with Gasteiger partial charge in [0.25, 0.3) is 0 Å². The van der Waals surface area contributed by atoms with E-state index >= 15 is 0 Å². The summed E-state index contributed by atoms with van der Waals surface area (Å²) in [6, 6.07) is 15.2. The third-order valence-electron chi connectivity index (χ3n) is 6.20. The highest BCUT2D eigenvalue weighted by atomic mass is 19.1. The Morgan fingerprint density at radius 2 is 1.52 bits per heavy atom. The summed E-state index contributed by atoms with van der Waals surface area (Å²) in [5, 5.41) is 3.12. The number of carbonyl (C=O) groups excluding carboxylic acids is 1. The molecule has 166 valence electrons. The van der Waals surface area contributed by atoms with E-state index in [0.717, 1.165) is 76.5 Å². The van der Waals surface area contributed by atoms with Crippen molar-refractivity contribution in [2.24, 2.45) is 5.92 Å². The Morgan fingerprint density at radius 3 is 2.23 bits per heavy atom. The molecule has 2 aliphatic heterocycles. The molecular weight excluding hydrogens is 393 g/mol. The summed E-state index contributed by atoms with van der Waals surface area (Å²) >= 11 is 0. The van der Waals surface area contributed by atoms with Gasteiger partial charge in [-0.3, -0.25) is 14.6 Å². The van der Waals surface area contributed by atoms with Gasteiger partial charge in [0.05, 0.1) is 19.1 Å². The lowest BCUT2D eigenvalue weighted by Gasteiger charge is -2.32. The number of amides is 1. The highest BCUT2D eigenvalue weighted by Gasteiger charge is 2.25. The fourth-order valence-electron chi connectivity index (χ4n) is 4.37. The number of halogens is 1. The Hall–Kier alpha value is -2.28.